The van der Waals surface area contributed by atoms with Crippen molar-refractivity contribution in [2.75, 3.05) is 45.1 Å². The number of likely N-dealkylation sites (N-methyl/N-ethyl adjacent to an activating group) is 1. The monoisotopic (exact) mass is 288 g/mol. The van der Waals surface area contributed by atoms with E-state index in [4.69, 9.17) is 0 Å². The standard InChI is InChI=1S/C16H24N4O/c1-12(18-20-9-7-19(2)8-10-20)16(21)14-3-4-15-13(11-14)5-6-17-15/h3-4,11-12,17-18H,5-10H2,1-2H3. The molecule has 1 saturated heterocycles. The zero-order valence-corrected chi connectivity index (χ0v) is 12.9. The van der Waals surface area contributed by atoms with E-state index in [-0.39, 0.29) is 11.8 Å². The number of carbonyl (C=O) groups excluding carboxylic acids is 1. The second-order valence-corrected chi connectivity index (χ2v) is 6.05. The first-order valence-corrected chi connectivity index (χ1v) is 7.74. The zero-order valence-electron chi connectivity index (χ0n) is 12.9. The fourth-order valence-corrected chi connectivity index (χ4v) is 2.98. The predicted octanol–water partition coefficient (Wildman–Crippen LogP) is 0.978. The normalized spacial score (nSPS) is 20.9. The van der Waals surface area contributed by atoms with Crippen molar-refractivity contribution in [1.82, 2.24) is 15.3 Å². The lowest BCUT2D eigenvalue weighted by Crippen LogP contribution is -2.54. The van der Waals surface area contributed by atoms with Crippen LogP contribution in [0.3, 0.4) is 0 Å². The van der Waals surface area contributed by atoms with E-state index in [9.17, 15) is 4.79 Å². The van der Waals surface area contributed by atoms with E-state index in [1.165, 1.54) is 11.3 Å². The predicted molar refractivity (Wildman–Crippen MR) is 84.6 cm³/mol. The molecule has 1 aromatic carbocycles. The summed E-state index contributed by atoms with van der Waals surface area (Å²) < 4.78 is 0. The smallest absolute Gasteiger partial charge is 0.180 e. The van der Waals surface area contributed by atoms with Crippen LogP contribution < -0.4 is 10.7 Å². The van der Waals surface area contributed by atoms with Gasteiger partial charge in [0.2, 0.25) is 0 Å². The van der Waals surface area contributed by atoms with Crippen LogP contribution in [0.4, 0.5) is 5.69 Å². The highest BCUT2D eigenvalue weighted by molar-refractivity contribution is 6.00. The van der Waals surface area contributed by atoms with E-state index in [0.29, 0.717) is 0 Å². The van der Waals surface area contributed by atoms with E-state index >= 15 is 0 Å². The van der Waals surface area contributed by atoms with Gasteiger partial charge in [-0.1, -0.05) is 0 Å². The number of nitrogens with zero attached hydrogens (tertiary/aromatic N) is 2. The number of hydrogen-bond donors (Lipinski definition) is 2. The van der Waals surface area contributed by atoms with Gasteiger partial charge in [0.05, 0.1) is 6.04 Å². The summed E-state index contributed by atoms with van der Waals surface area (Å²) in [6.45, 7) is 6.93. The number of carbonyl (C=O) groups is 1. The molecule has 2 aliphatic heterocycles. The van der Waals surface area contributed by atoms with Gasteiger partial charge >= 0.3 is 0 Å². The van der Waals surface area contributed by atoms with Crippen LogP contribution in [0.15, 0.2) is 18.2 Å². The third kappa shape index (κ3) is 3.26. The van der Waals surface area contributed by atoms with Gasteiger partial charge in [-0.3, -0.25) is 4.79 Å². The van der Waals surface area contributed by atoms with Crippen molar-refractivity contribution in [1.29, 1.82) is 0 Å². The quantitative estimate of drug-likeness (QED) is 0.809. The highest BCUT2D eigenvalue weighted by Gasteiger charge is 2.21. The molecule has 1 atom stereocenters. The van der Waals surface area contributed by atoms with Gasteiger partial charge in [-0.2, -0.15) is 0 Å². The van der Waals surface area contributed by atoms with Crippen molar-refractivity contribution >= 4 is 11.5 Å². The number of benzene rings is 1. The molecule has 5 heteroatoms. The molecule has 5 nitrogen and oxygen atoms in total. The van der Waals surface area contributed by atoms with Crippen LogP contribution in [0.5, 0.6) is 0 Å². The van der Waals surface area contributed by atoms with Crippen molar-refractivity contribution < 1.29 is 4.79 Å². The Morgan fingerprint density at radius 2 is 2.05 bits per heavy atom. The van der Waals surface area contributed by atoms with Crippen LogP contribution in [0.2, 0.25) is 0 Å². The molecular weight excluding hydrogens is 264 g/mol. The molecule has 0 radical (unpaired) electrons. The molecule has 1 aromatic rings. The number of Topliss-reactive ketones (excluding diaryl/α,β-unsaturated/α-hetero) is 1. The molecule has 114 valence electrons. The lowest BCUT2D eigenvalue weighted by molar-refractivity contribution is 0.0718. The average molecular weight is 288 g/mol. The van der Waals surface area contributed by atoms with Crippen LogP contribution in [-0.4, -0.2) is 61.5 Å². The van der Waals surface area contributed by atoms with E-state index in [2.05, 4.69) is 27.7 Å². The van der Waals surface area contributed by atoms with Gasteiger partial charge < -0.3 is 10.2 Å². The molecule has 0 spiro atoms. The van der Waals surface area contributed by atoms with E-state index in [0.717, 1.165) is 44.7 Å². The van der Waals surface area contributed by atoms with E-state index in [1.807, 2.05) is 25.1 Å². The Bertz CT molecular complexity index is 523. The minimum Gasteiger partial charge on any atom is -0.384 e. The van der Waals surface area contributed by atoms with Gasteiger partial charge in [0.1, 0.15) is 0 Å². The number of fused-ring (bicyclic) bond motifs is 1. The summed E-state index contributed by atoms with van der Waals surface area (Å²) >= 11 is 0. The lowest BCUT2D eigenvalue weighted by atomic mass is 10.0. The topological polar surface area (TPSA) is 47.6 Å². The van der Waals surface area contributed by atoms with Gasteiger partial charge in [0, 0.05) is 44.0 Å². The van der Waals surface area contributed by atoms with E-state index in [1.54, 1.807) is 0 Å². The largest absolute Gasteiger partial charge is 0.384 e. The van der Waals surface area contributed by atoms with Gasteiger partial charge in [0.15, 0.2) is 5.78 Å². The van der Waals surface area contributed by atoms with Crippen molar-refractivity contribution in [2.24, 2.45) is 0 Å². The van der Waals surface area contributed by atoms with Crippen molar-refractivity contribution in [3.8, 4) is 0 Å². The Hall–Kier alpha value is -1.43. The second kappa shape index (κ2) is 6.13. The van der Waals surface area contributed by atoms with Crippen molar-refractivity contribution in [3.63, 3.8) is 0 Å². The van der Waals surface area contributed by atoms with Gasteiger partial charge in [-0.15, -0.1) is 0 Å². The first kappa shape index (κ1) is 14.5. The third-order valence-electron chi connectivity index (χ3n) is 4.37. The SMILES string of the molecule is CC(NN1CCN(C)CC1)C(=O)c1ccc2c(c1)CCN2. The zero-order chi connectivity index (χ0) is 14.8. The average Bonchev–Trinajstić information content (AvgIpc) is 2.96. The highest BCUT2D eigenvalue weighted by atomic mass is 16.1. The van der Waals surface area contributed by atoms with Crippen LogP contribution in [0.1, 0.15) is 22.8 Å². The highest BCUT2D eigenvalue weighted by Crippen LogP contribution is 2.23. The molecule has 2 aliphatic rings. The first-order chi connectivity index (χ1) is 10.1. The third-order valence-corrected chi connectivity index (χ3v) is 4.37. The lowest BCUT2D eigenvalue weighted by Gasteiger charge is -2.34. The molecule has 0 saturated carbocycles. The van der Waals surface area contributed by atoms with Gasteiger partial charge in [-0.25, -0.2) is 10.4 Å². The molecule has 0 amide bonds. The molecule has 0 bridgehead atoms. The van der Waals surface area contributed by atoms with Crippen LogP contribution in [0.25, 0.3) is 0 Å². The number of hydrazine groups is 1. The van der Waals surface area contributed by atoms with Crippen LogP contribution >= 0.6 is 0 Å². The molecule has 0 aromatic heterocycles. The second-order valence-electron chi connectivity index (χ2n) is 6.05. The number of ketones is 1. The Morgan fingerprint density at radius 1 is 1.29 bits per heavy atom. The Labute approximate surface area is 126 Å². The van der Waals surface area contributed by atoms with Gasteiger partial charge in [0.25, 0.3) is 0 Å². The Balaban J connectivity index is 1.62. The van der Waals surface area contributed by atoms with Crippen molar-refractivity contribution in [2.45, 2.75) is 19.4 Å². The van der Waals surface area contributed by atoms with Crippen LogP contribution in [0, 0.1) is 0 Å². The fourth-order valence-electron chi connectivity index (χ4n) is 2.98. The summed E-state index contributed by atoms with van der Waals surface area (Å²) in [6.07, 6.45) is 1.01. The fraction of sp³-hybridized carbons (Fsp3) is 0.562. The van der Waals surface area contributed by atoms with Crippen LogP contribution in [-0.2, 0) is 6.42 Å². The Kier molecular flexibility index (Phi) is 4.24. The number of anilines is 1. The summed E-state index contributed by atoms with van der Waals surface area (Å²) in [5.74, 6) is 0.170. The maximum atomic E-state index is 12.6. The summed E-state index contributed by atoms with van der Waals surface area (Å²) in [6, 6.07) is 5.82. The summed E-state index contributed by atoms with van der Waals surface area (Å²) in [7, 11) is 2.13. The minimum absolute atomic E-state index is 0.170. The summed E-state index contributed by atoms with van der Waals surface area (Å²) in [5.41, 5.74) is 6.59. The maximum absolute atomic E-state index is 12.6. The Morgan fingerprint density at radius 3 is 2.81 bits per heavy atom. The summed E-state index contributed by atoms with van der Waals surface area (Å²) in [4.78, 5) is 14.9. The number of piperazine rings is 1. The maximum Gasteiger partial charge on any atom is 0.180 e. The molecule has 3 rings (SSSR count). The molecule has 2 heterocycles. The first-order valence-electron chi connectivity index (χ1n) is 7.74. The molecular formula is C16H24N4O. The number of hydrogen-bond acceptors (Lipinski definition) is 5. The number of nitrogens with one attached hydrogen (secondary N) is 2. The molecule has 21 heavy (non-hydrogen) atoms. The van der Waals surface area contributed by atoms with E-state index < -0.39 is 0 Å². The number of rotatable bonds is 4. The van der Waals surface area contributed by atoms with Gasteiger partial charge in [-0.05, 0) is 44.2 Å². The molecule has 1 unspecified atom stereocenters. The molecule has 1 fully saturated rings. The minimum atomic E-state index is -0.180. The summed E-state index contributed by atoms with van der Waals surface area (Å²) in [5, 5.41) is 5.49. The van der Waals surface area contributed by atoms with Crippen molar-refractivity contribution in [3.05, 3.63) is 29.3 Å². The molecule has 0 aliphatic carbocycles. The molecule has 2 N–H and O–H groups in total.